The number of anilines is 2. The first-order chi connectivity index (χ1) is 15.5. The van der Waals surface area contributed by atoms with Crippen molar-refractivity contribution in [3.8, 4) is 0 Å². The van der Waals surface area contributed by atoms with Gasteiger partial charge in [0.05, 0.1) is 21.2 Å². The van der Waals surface area contributed by atoms with Gasteiger partial charge in [-0.3, -0.25) is 14.3 Å². The summed E-state index contributed by atoms with van der Waals surface area (Å²) in [6.07, 6.45) is 0. The summed E-state index contributed by atoms with van der Waals surface area (Å²) in [7, 11) is -0.996. The Morgan fingerprint density at radius 1 is 0.970 bits per heavy atom. The number of amides is 2. The van der Waals surface area contributed by atoms with Gasteiger partial charge in [0, 0.05) is 25.3 Å². The van der Waals surface area contributed by atoms with Gasteiger partial charge in [-0.2, -0.15) is 0 Å². The van der Waals surface area contributed by atoms with Crippen molar-refractivity contribution in [3.63, 3.8) is 0 Å². The second kappa shape index (κ2) is 9.60. The average molecular weight is 490 g/mol. The number of carbonyl (C=O) groups excluding carboxylic acids is 2. The van der Waals surface area contributed by atoms with Crippen molar-refractivity contribution in [3.05, 3.63) is 88.2 Å². The van der Waals surface area contributed by atoms with Crippen molar-refractivity contribution in [1.82, 2.24) is 4.90 Å². The van der Waals surface area contributed by atoms with Gasteiger partial charge in [0.2, 0.25) is 0 Å². The third-order valence-corrected chi connectivity index (χ3v) is 6.44. The second-order valence-electron chi connectivity index (χ2n) is 7.41. The molecule has 0 heterocycles. The van der Waals surface area contributed by atoms with Crippen molar-refractivity contribution in [2.45, 2.75) is 11.8 Å². The minimum absolute atomic E-state index is 0.0989. The van der Waals surface area contributed by atoms with Crippen LogP contribution in [0.15, 0.2) is 65.6 Å². The molecule has 0 fully saturated rings. The molecule has 0 spiro atoms. The fourth-order valence-electron chi connectivity index (χ4n) is 2.97. The molecule has 0 atom stereocenters. The van der Waals surface area contributed by atoms with Gasteiger partial charge in [-0.05, 0) is 55.0 Å². The van der Waals surface area contributed by atoms with Crippen LogP contribution in [0.4, 0.5) is 15.8 Å². The van der Waals surface area contributed by atoms with E-state index in [-0.39, 0.29) is 32.6 Å². The van der Waals surface area contributed by atoms with Crippen LogP contribution in [0.1, 0.15) is 26.3 Å². The van der Waals surface area contributed by atoms with Crippen LogP contribution in [0.3, 0.4) is 0 Å². The highest BCUT2D eigenvalue weighted by molar-refractivity contribution is 7.92. The predicted octanol–water partition coefficient (Wildman–Crippen LogP) is 4.54. The van der Waals surface area contributed by atoms with Crippen molar-refractivity contribution >= 4 is 44.8 Å². The number of carbonyl (C=O) groups is 2. The Bertz CT molecular complexity index is 1340. The standard InChI is InChI=1S/C23H21ClFN3O4S/c1-14-8-10-16(33(31,32)27-21-7-5-4-6-20(21)25)13-17(14)22(29)26-15-9-11-19(24)18(12-15)23(30)28(2)3/h4-13,27H,1-3H3,(H,26,29). The van der Waals surface area contributed by atoms with E-state index in [9.17, 15) is 22.4 Å². The second-order valence-corrected chi connectivity index (χ2v) is 9.50. The molecule has 3 rings (SSSR count). The van der Waals surface area contributed by atoms with Crippen LogP contribution >= 0.6 is 11.6 Å². The zero-order valence-corrected chi connectivity index (χ0v) is 19.6. The largest absolute Gasteiger partial charge is 0.345 e. The maximum absolute atomic E-state index is 13.9. The molecule has 10 heteroatoms. The van der Waals surface area contributed by atoms with E-state index in [0.717, 1.165) is 6.07 Å². The number of aryl methyl sites for hydroxylation is 1. The fraction of sp³-hybridized carbons (Fsp3) is 0.130. The van der Waals surface area contributed by atoms with Gasteiger partial charge >= 0.3 is 0 Å². The number of nitrogens with zero attached hydrogens (tertiary/aromatic N) is 1. The summed E-state index contributed by atoms with van der Waals surface area (Å²) >= 11 is 6.10. The lowest BCUT2D eigenvalue weighted by molar-refractivity contribution is 0.0827. The Labute approximate surface area is 196 Å². The first-order valence-electron chi connectivity index (χ1n) is 9.70. The summed E-state index contributed by atoms with van der Waals surface area (Å²) in [5.74, 6) is -1.64. The van der Waals surface area contributed by atoms with Gasteiger partial charge in [-0.15, -0.1) is 0 Å². The van der Waals surface area contributed by atoms with E-state index < -0.39 is 21.7 Å². The van der Waals surface area contributed by atoms with E-state index in [4.69, 9.17) is 11.6 Å². The summed E-state index contributed by atoms with van der Waals surface area (Å²) in [6, 6.07) is 13.8. The topological polar surface area (TPSA) is 95.6 Å². The lowest BCUT2D eigenvalue weighted by atomic mass is 10.1. The number of benzene rings is 3. The first-order valence-corrected chi connectivity index (χ1v) is 11.6. The smallest absolute Gasteiger partial charge is 0.262 e. The lowest BCUT2D eigenvalue weighted by Gasteiger charge is -2.14. The number of hydrogen-bond acceptors (Lipinski definition) is 4. The molecule has 2 N–H and O–H groups in total. The number of rotatable bonds is 6. The van der Waals surface area contributed by atoms with Crippen LogP contribution in [-0.4, -0.2) is 39.2 Å². The van der Waals surface area contributed by atoms with Crippen LogP contribution in [0.2, 0.25) is 5.02 Å². The van der Waals surface area contributed by atoms with Crippen molar-refractivity contribution in [1.29, 1.82) is 0 Å². The molecule has 0 bridgehead atoms. The SMILES string of the molecule is Cc1ccc(S(=O)(=O)Nc2ccccc2F)cc1C(=O)Nc1ccc(Cl)c(C(=O)N(C)C)c1. The van der Waals surface area contributed by atoms with Gasteiger partial charge in [0.15, 0.2) is 0 Å². The molecular formula is C23H21ClFN3O4S. The molecule has 0 radical (unpaired) electrons. The number of para-hydroxylation sites is 1. The van der Waals surface area contributed by atoms with Crippen molar-refractivity contribution in [2.24, 2.45) is 0 Å². The minimum atomic E-state index is -4.15. The highest BCUT2D eigenvalue weighted by Gasteiger charge is 2.20. The van der Waals surface area contributed by atoms with Crippen LogP contribution in [0, 0.1) is 12.7 Å². The molecule has 33 heavy (non-hydrogen) atoms. The Morgan fingerprint density at radius 2 is 1.67 bits per heavy atom. The molecule has 3 aromatic carbocycles. The highest BCUT2D eigenvalue weighted by atomic mass is 35.5. The minimum Gasteiger partial charge on any atom is -0.345 e. The molecule has 7 nitrogen and oxygen atoms in total. The summed E-state index contributed by atoms with van der Waals surface area (Å²) in [4.78, 5) is 26.3. The highest BCUT2D eigenvalue weighted by Crippen LogP contribution is 2.24. The fourth-order valence-corrected chi connectivity index (χ4v) is 4.26. The molecule has 0 saturated carbocycles. The summed E-state index contributed by atoms with van der Waals surface area (Å²) in [5, 5.41) is 2.89. The van der Waals surface area contributed by atoms with E-state index in [1.54, 1.807) is 21.0 Å². The van der Waals surface area contributed by atoms with Crippen LogP contribution in [-0.2, 0) is 10.0 Å². The summed E-state index contributed by atoms with van der Waals surface area (Å²) in [6.45, 7) is 1.65. The Kier molecular flexibility index (Phi) is 7.04. The zero-order chi connectivity index (χ0) is 24.3. The van der Waals surface area contributed by atoms with E-state index in [0.29, 0.717) is 11.3 Å². The van der Waals surface area contributed by atoms with Crippen LogP contribution in [0.5, 0.6) is 0 Å². The maximum atomic E-state index is 13.9. The quantitative estimate of drug-likeness (QED) is 0.531. The van der Waals surface area contributed by atoms with E-state index in [1.165, 1.54) is 59.5 Å². The van der Waals surface area contributed by atoms with Gasteiger partial charge in [-0.1, -0.05) is 29.8 Å². The number of sulfonamides is 1. The molecule has 0 aliphatic rings. The van der Waals surface area contributed by atoms with Gasteiger partial charge in [-0.25, -0.2) is 12.8 Å². The number of halogens is 2. The Morgan fingerprint density at radius 3 is 2.33 bits per heavy atom. The molecule has 0 saturated heterocycles. The molecular weight excluding hydrogens is 469 g/mol. The molecule has 0 aliphatic heterocycles. The first kappa shape index (κ1) is 24.2. The van der Waals surface area contributed by atoms with Crippen molar-refractivity contribution in [2.75, 3.05) is 24.1 Å². The summed E-state index contributed by atoms with van der Waals surface area (Å²) in [5.41, 5.74) is 0.939. The molecule has 3 aromatic rings. The third-order valence-electron chi connectivity index (χ3n) is 4.74. The Balaban J connectivity index is 1.89. The lowest BCUT2D eigenvalue weighted by Crippen LogP contribution is -2.22. The van der Waals surface area contributed by atoms with Crippen LogP contribution < -0.4 is 10.0 Å². The van der Waals surface area contributed by atoms with E-state index in [2.05, 4.69) is 10.0 Å². The maximum Gasteiger partial charge on any atom is 0.262 e. The molecule has 172 valence electrons. The normalized spacial score (nSPS) is 11.1. The van der Waals surface area contributed by atoms with Crippen LogP contribution in [0.25, 0.3) is 0 Å². The molecule has 0 unspecified atom stereocenters. The summed E-state index contributed by atoms with van der Waals surface area (Å²) < 4.78 is 41.6. The van der Waals surface area contributed by atoms with Crippen molar-refractivity contribution < 1.29 is 22.4 Å². The monoisotopic (exact) mass is 489 g/mol. The molecule has 0 aliphatic carbocycles. The number of hydrogen-bond donors (Lipinski definition) is 2. The third kappa shape index (κ3) is 5.50. The molecule has 2 amide bonds. The predicted molar refractivity (Wildman–Crippen MR) is 126 cm³/mol. The zero-order valence-electron chi connectivity index (χ0n) is 18.0. The van der Waals surface area contributed by atoms with Gasteiger partial charge in [0.25, 0.3) is 21.8 Å². The molecule has 0 aromatic heterocycles. The van der Waals surface area contributed by atoms with Gasteiger partial charge < -0.3 is 10.2 Å². The van der Waals surface area contributed by atoms with Gasteiger partial charge in [0.1, 0.15) is 5.82 Å². The Hall–Kier alpha value is -3.43. The van der Waals surface area contributed by atoms with E-state index >= 15 is 0 Å². The van der Waals surface area contributed by atoms with E-state index in [1.807, 2.05) is 0 Å². The number of nitrogens with one attached hydrogen (secondary N) is 2. The average Bonchev–Trinajstić information content (AvgIpc) is 2.76.